The first-order chi connectivity index (χ1) is 36.8. The molecule has 0 aromatic rings. The number of nitrogens with one attached hydrogen (secondary N) is 4. The first kappa shape index (κ1) is 71.4. The maximum Gasteiger partial charge on any atom is 0.243 e. The minimum absolute atomic E-state index is 0.00557. The summed E-state index contributed by atoms with van der Waals surface area (Å²) in [6.45, 7) is 6.50. The lowest BCUT2D eigenvalue weighted by Crippen LogP contribution is -2.53. The number of guanidine groups is 2. The fourth-order valence-electron chi connectivity index (χ4n) is 9.33. The molecule has 14 N–H and O–H groups in total. The molecule has 0 aliphatic carbocycles. The summed E-state index contributed by atoms with van der Waals surface area (Å²) in [6, 6.07) is -2.10. The van der Waals surface area contributed by atoms with Crippen LogP contribution in [-0.2, 0) is 28.8 Å². The van der Waals surface area contributed by atoms with E-state index in [4.69, 9.17) is 28.7 Å². The second-order valence-corrected chi connectivity index (χ2v) is 21.2. The van der Waals surface area contributed by atoms with Gasteiger partial charge in [-0.05, 0) is 51.4 Å². The highest BCUT2D eigenvalue weighted by Crippen LogP contribution is 2.16. The Morgan fingerprint density at radius 1 is 0.382 bits per heavy atom. The second-order valence-electron chi connectivity index (χ2n) is 21.2. The van der Waals surface area contributed by atoms with Crippen LogP contribution in [-0.4, -0.2) is 104 Å². The smallest absolute Gasteiger partial charge is 0.243 e. The van der Waals surface area contributed by atoms with Crippen LogP contribution in [0.2, 0.25) is 0 Å². The lowest BCUT2D eigenvalue weighted by molar-refractivity contribution is -0.135. The summed E-state index contributed by atoms with van der Waals surface area (Å²) in [5.41, 5.74) is 27.3. The van der Waals surface area contributed by atoms with Gasteiger partial charge >= 0.3 is 0 Å². The molecule has 76 heavy (non-hydrogen) atoms. The van der Waals surface area contributed by atoms with Gasteiger partial charge in [0, 0.05) is 65.0 Å². The van der Waals surface area contributed by atoms with Crippen molar-refractivity contribution in [1.82, 2.24) is 26.2 Å². The molecule has 0 unspecified atom stereocenters. The molecule has 0 saturated carbocycles. The number of hydrogen-bond donors (Lipinski definition) is 9. The monoisotopic (exact) mass is 1070 g/mol. The summed E-state index contributed by atoms with van der Waals surface area (Å²) in [5.74, 6) is -2.37. The van der Waals surface area contributed by atoms with Crippen molar-refractivity contribution < 1.29 is 28.8 Å². The molecule has 18 heteroatoms. The van der Waals surface area contributed by atoms with Crippen molar-refractivity contribution in [3.05, 3.63) is 0 Å². The van der Waals surface area contributed by atoms with Crippen molar-refractivity contribution in [2.24, 2.45) is 38.7 Å². The molecule has 0 rings (SSSR count). The fourth-order valence-corrected chi connectivity index (χ4v) is 9.33. The van der Waals surface area contributed by atoms with Crippen LogP contribution in [0.15, 0.2) is 9.98 Å². The molecule has 0 aliphatic heterocycles. The van der Waals surface area contributed by atoms with Crippen molar-refractivity contribution in [3.63, 3.8) is 0 Å². The largest absolute Gasteiger partial charge is 0.370 e. The normalized spacial score (nSPS) is 11.8. The SMILES string of the molecule is CCCCCCCCCCCCCCCCCC(=O)NCCCN(CCCNC(=O)CCCCCCCCCCCCCCCCC)C(=O)CCC(=O)N[C@@H](CCCN=C(N)N)C(=O)N[C@@H](CCCN=C(N)N)C(N)=O. The summed E-state index contributed by atoms with van der Waals surface area (Å²) < 4.78 is 0. The Bertz CT molecular complexity index is 1490. The molecule has 0 bridgehead atoms. The zero-order valence-electron chi connectivity index (χ0n) is 48.4. The fraction of sp³-hybridized carbons (Fsp3) is 0.862. The summed E-state index contributed by atoms with van der Waals surface area (Å²) >= 11 is 0. The summed E-state index contributed by atoms with van der Waals surface area (Å²) in [5, 5.41) is 11.4. The predicted octanol–water partition coefficient (Wildman–Crippen LogP) is 8.69. The van der Waals surface area contributed by atoms with Gasteiger partial charge in [0.15, 0.2) is 11.9 Å². The van der Waals surface area contributed by atoms with E-state index >= 15 is 0 Å². The highest BCUT2D eigenvalue weighted by Gasteiger charge is 2.26. The van der Waals surface area contributed by atoms with Gasteiger partial charge in [-0.1, -0.05) is 194 Å². The molecule has 0 radical (unpaired) electrons. The quantitative estimate of drug-likeness (QED) is 0.0158. The molecule has 6 amide bonds. The molecule has 0 aliphatic rings. The van der Waals surface area contributed by atoms with Gasteiger partial charge in [-0.2, -0.15) is 0 Å². The number of nitrogens with two attached hydrogens (primary N) is 5. The van der Waals surface area contributed by atoms with Gasteiger partial charge in [-0.15, -0.1) is 0 Å². The number of aliphatic imine (C=N–C) groups is 2. The topological polar surface area (TPSA) is 309 Å². The number of carbonyl (C=O) groups is 6. The molecule has 0 saturated heterocycles. The number of amides is 6. The Balaban J connectivity index is 5.09. The van der Waals surface area contributed by atoms with Crippen molar-refractivity contribution in [2.75, 3.05) is 39.3 Å². The van der Waals surface area contributed by atoms with Crippen LogP contribution in [0.3, 0.4) is 0 Å². The third-order valence-corrected chi connectivity index (χ3v) is 14.0. The van der Waals surface area contributed by atoms with Gasteiger partial charge in [0.05, 0.1) is 0 Å². The van der Waals surface area contributed by atoms with Crippen LogP contribution in [0.1, 0.15) is 271 Å². The van der Waals surface area contributed by atoms with E-state index in [0.717, 1.165) is 38.5 Å². The van der Waals surface area contributed by atoms with Crippen LogP contribution in [0.5, 0.6) is 0 Å². The number of primary amides is 1. The number of hydrogen-bond acceptors (Lipinski definition) is 8. The third-order valence-electron chi connectivity index (χ3n) is 14.0. The minimum atomic E-state index is -1.07. The van der Waals surface area contributed by atoms with E-state index in [1.165, 1.54) is 154 Å². The number of nitrogens with zero attached hydrogens (tertiary/aromatic N) is 3. The molecule has 18 nitrogen and oxygen atoms in total. The van der Waals surface area contributed by atoms with E-state index in [9.17, 15) is 28.8 Å². The van der Waals surface area contributed by atoms with Gasteiger partial charge in [-0.25, -0.2) is 0 Å². The highest BCUT2D eigenvalue weighted by atomic mass is 16.2. The van der Waals surface area contributed by atoms with Crippen molar-refractivity contribution in [3.8, 4) is 0 Å². The Morgan fingerprint density at radius 3 is 1.07 bits per heavy atom. The zero-order valence-corrected chi connectivity index (χ0v) is 48.4. The lowest BCUT2D eigenvalue weighted by Gasteiger charge is -2.24. The average Bonchev–Trinajstić information content (AvgIpc) is 3.38. The average molecular weight is 1080 g/mol. The Labute approximate surface area is 461 Å². The molecule has 2 atom stereocenters. The van der Waals surface area contributed by atoms with Gasteiger partial charge in [0.1, 0.15) is 12.1 Å². The summed E-state index contributed by atoms with van der Waals surface area (Å²) in [6.07, 6.45) is 40.7. The van der Waals surface area contributed by atoms with Crippen molar-refractivity contribution in [1.29, 1.82) is 0 Å². The van der Waals surface area contributed by atoms with Crippen LogP contribution >= 0.6 is 0 Å². The minimum Gasteiger partial charge on any atom is -0.370 e. The molecule has 442 valence electrons. The zero-order chi connectivity index (χ0) is 56.1. The first-order valence-corrected chi connectivity index (χ1v) is 30.6. The van der Waals surface area contributed by atoms with E-state index in [-0.39, 0.29) is 68.4 Å². The maximum absolute atomic E-state index is 13.7. The number of carbonyl (C=O) groups excluding carboxylic acids is 6. The molecule has 0 fully saturated rings. The van der Waals surface area contributed by atoms with E-state index in [1.807, 2.05) is 0 Å². The Kier molecular flexibility index (Phi) is 49.2. The number of unbranched alkanes of at least 4 members (excludes halogenated alkanes) is 28. The first-order valence-electron chi connectivity index (χ1n) is 30.6. The second kappa shape index (κ2) is 52.4. The van der Waals surface area contributed by atoms with Gasteiger partial charge < -0.3 is 54.8 Å². The van der Waals surface area contributed by atoms with Crippen LogP contribution < -0.4 is 49.9 Å². The van der Waals surface area contributed by atoms with E-state index in [0.29, 0.717) is 64.7 Å². The third kappa shape index (κ3) is 47.8. The summed E-state index contributed by atoms with van der Waals surface area (Å²) in [4.78, 5) is 87.6. The van der Waals surface area contributed by atoms with Crippen LogP contribution in [0.4, 0.5) is 0 Å². The van der Waals surface area contributed by atoms with Crippen molar-refractivity contribution in [2.45, 2.75) is 283 Å². The van der Waals surface area contributed by atoms with E-state index < -0.39 is 29.8 Å². The van der Waals surface area contributed by atoms with Gasteiger partial charge in [-0.3, -0.25) is 38.8 Å². The van der Waals surface area contributed by atoms with Gasteiger partial charge in [0.25, 0.3) is 0 Å². The number of rotatable bonds is 55. The Morgan fingerprint density at radius 2 is 0.724 bits per heavy atom. The molecule has 0 aromatic heterocycles. The van der Waals surface area contributed by atoms with Crippen molar-refractivity contribution >= 4 is 47.4 Å². The highest BCUT2D eigenvalue weighted by molar-refractivity contribution is 5.92. The summed E-state index contributed by atoms with van der Waals surface area (Å²) in [7, 11) is 0. The lowest BCUT2D eigenvalue weighted by atomic mass is 10.0. The molecule has 0 heterocycles. The van der Waals surface area contributed by atoms with Crippen LogP contribution in [0.25, 0.3) is 0 Å². The van der Waals surface area contributed by atoms with Gasteiger partial charge in [0.2, 0.25) is 35.4 Å². The molecule has 0 aromatic carbocycles. The molecular weight excluding hydrogens is 961 g/mol. The van der Waals surface area contributed by atoms with Crippen LogP contribution in [0, 0.1) is 0 Å². The van der Waals surface area contributed by atoms with E-state index in [2.05, 4.69) is 45.1 Å². The molecule has 0 spiro atoms. The Hall–Kier alpha value is -4.64. The van der Waals surface area contributed by atoms with E-state index in [1.54, 1.807) is 4.90 Å². The predicted molar refractivity (Wildman–Crippen MR) is 313 cm³/mol. The standard InChI is InChI=1S/C58H114N12O6/c1-3-5-7-9-11-13-15-17-19-21-23-25-27-29-31-39-51(71)64-45-35-47-70(48-36-46-65-52(72)40-32-30-28-26-24-22-20-18-16-14-12-10-8-6-4-2)54(74)42-41-53(73)68-50(38-34-44-67-58(62)63)56(76)69-49(55(59)75)37-33-43-66-57(60)61/h49-50H,3-48H2,1-2H3,(H2,59,75)(H,64,71)(H,65,72)(H,68,73)(H,69,76)(H4,60,61,66)(H4,62,63,67)/t49-,50-/m0/s1. The molecular formula is C58H114N12O6. The maximum atomic E-state index is 13.7.